The van der Waals surface area contributed by atoms with Crippen LogP contribution < -0.4 is 14.9 Å². The number of hydrazone groups is 1. The molecular formula is C17H22N2O3. The molecule has 5 heteroatoms. The lowest BCUT2D eigenvalue weighted by molar-refractivity contribution is -0.123. The van der Waals surface area contributed by atoms with Gasteiger partial charge in [-0.2, -0.15) is 5.10 Å². The Labute approximate surface area is 130 Å². The standard InChI is InChI=1S/C17H22N2O3/c1-11(13-6-5-12(21-2)9-15(13)22-3)18-19-16(20)14-10-17(14)7-4-8-17/h5-6,9,14H,4,7-8,10H2,1-3H3,(H,19,20)/b18-11+. The minimum absolute atomic E-state index is 0.0477. The fourth-order valence-electron chi connectivity index (χ4n) is 3.28. The van der Waals surface area contributed by atoms with Crippen molar-refractivity contribution in [2.75, 3.05) is 14.2 Å². The summed E-state index contributed by atoms with van der Waals surface area (Å²) in [5.41, 5.74) is 4.60. The van der Waals surface area contributed by atoms with E-state index in [1.807, 2.05) is 19.1 Å². The fraction of sp³-hybridized carbons (Fsp3) is 0.529. The number of nitrogens with one attached hydrogen (secondary N) is 1. The summed E-state index contributed by atoms with van der Waals surface area (Å²) in [4.78, 5) is 12.1. The Morgan fingerprint density at radius 3 is 2.64 bits per heavy atom. The molecule has 2 aliphatic carbocycles. The summed E-state index contributed by atoms with van der Waals surface area (Å²) < 4.78 is 10.5. The second-order valence-electron chi connectivity index (χ2n) is 6.21. The first-order chi connectivity index (χ1) is 10.6. The molecule has 1 atom stereocenters. The van der Waals surface area contributed by atoms with Gasteiger partial charge in [-0.05, 0) is 43.7 Å². The summed E-state index contributed by atoms with van der Waals surface area (Å²) in [5, 5.41) is 4.24. The van der Waals surface area contributed by atoms with E-state index in [0.717, 1.165) is 23.4 Å². The van der Waals surface area contributed by atoms with E-state index in [-0.39, 0.29) is 11.8 Å². The van der Waals surface area contributed by atoms with E-state index < -0.39 is 0 Å². The number of rotatable bonds is 5. The summed E-state index contributed by atoms with van der Waals surface area (Å²) in [6, 6.07) is 5.54. The molecule has 1 aromatic carbocycles. The SMILES string of the molecule is COc1ccc(/C(C)=N/NC(=O)C2CC23CCC3)c(OC)c1. The van der Waals surface area contributed by atoms with E-state index in [2.05, 4.69) is 10.5 Å². The molecule has 1 aromatic rings. The quantitative estimate of drug-likeness (QED) is 0.672. The number of carbonyl (C=O) groups excluding carboxylic acids is 1. The summed E-state index contributed by atoms with van der Waals surface area (Å²) in [6.07, 6.45) is 4.68. The van der Waals surface area contributed by atoms with Crippen LogP contribution in [0.25, 0.3) is 0 Å². The van der Waals surface area contributed by atoms with Crippen LogP contribution in [0.1, 0.15) is 38.2 Å². The lowest BCUT2D eigenvalue weighted by atomic mass is 9.80. The summed E-state index contributed by atoms with van der Waals surface area (Å²) in [5.74, 6) is 1.61. The van der Waals surface area contributed by atoms with E-state index in [9.17, 15) is 4.79 Å². The minimum Gasteiger partial charge on any atom is -0.497 e. The number of amides is 1. The van der Waals surface area contributed by atoms with Crippen molar-refractivity contribution in [3.8, 4) is 11.5 Å². The van der Waals surface area contributed by atoms with E-state index in [4.69, 9.17) is 9.47 Å². The van der Waals surface area contributed by atoms with Crippen LogP contribution >= 0.6 is 0 Å². The largest absolute Gasteiger partial charge is 0.497 e. The lowest BCUT2D eigenvalue weighted by Crippen LogP contribution is -2.26. The van der Waals surface area contributed by atoms with Crippen LogP contribution in [-0.2, 0) is 4.79 Å². The van der Waals surface area contributed by atoms with Gasteiger partial charge in [0.2, 0.25) is 5.91 Å². The van der Waals surface area contributed by atoms with Crippen LogP contribution in [0.4, 0.5) is 0 Å². The highest BCUT2D eigenvalue weighted by molar-refractivity contribution is 6.02. The zero-order valence-corrected chi connectivity index (χ0v) is 13.3. The molecule has 0 saturated heterocycles. The highest BCUT2D eigenvalue weighted by Gasteiger charge is 2.60. The van der Waals surface area contributed by atoms with Crippen molar-refractivity contribution >= 4 is 11.6 Å². The van der Waals surface area contributed by atoms with E-state index in [1.54, 1.807) is 20.3 Å². The summed E-state index contributed by atoms with van der Waals surface area (Å²) in [7, 11) is 3.22. The van der Waals surface area contributed by atoms with Gasteiger partial charge in [0.1, 0.15) is 11.5 Å². The Morgan fingerprint density at radius 1 is 1.32 bits per heavy atom. The number of nitrogens with zero attached hydrogens (tertiary/aromatic N) is 1. The molecule has 2 fully saturated rings. The molecule has 118 valence electrons. The fourth-order valence-corrected chi connectivity index (χ4v) is 3.28. The van der Waals surface area contributed by atoms with Crippen molar-refractivity contribution in [1.82, 2.24) is 5.43 Å². The van der Waals surface area contributed by atoms with Crippen LogP contribution in [0.2, 0.25) is 0 Å². The Bertz CT molecular complexity index is 620. The van der Waals surface area contributed by atoms with Gasteiger partial charge in [-0.3, -0.25) is 4.79 Å². The molecule has 1 unspecified atom stereocenters. The predicted octanol–water partition coefficient (Wildman–Crippen LogP) is 2.73. The van der Waals surface area contributed by atoms with E-state index >= 15 is 0 Å². The molecule has 3 rings (SSSR count). The van der Waals surface area contributed by atoms with Gasteiger partial charge in [-0.25, -0.2) is 5.43 Å². The topological polar surface area (TPSA) is 59.9 Å². The third kappa shape index (κ3) is 2.56. The Kier molecular flexibility index (Phi) is 3.81. The second-order valence-corrected chi connectivity index (χ2v) is 6.21. The second kappa shape index (κ2) is 5.63. The maximum absolute atomic E-state index is 12.1. The molecule has 0 aromatic heterocycles. The van der Waals surface area contributed by atoms with Crippen molar-refractivity contribution in [1.29, 1.82) is 0 Å². The van der Waals surface area contributed by atoms with Gasteiger partial charge >= 0.3 is 0 Å². The van der Waals surface area contributed by atoms with Crippen LogP contribution in [-0.4, -0.2) is 25.8 Å². The zero-order chi connectivity index (χ0) is 15.7. The molecule has 5 nitrogen and oxygen atoms in total. The average molecular weight is 302 g/mol. The molecule has 2 aliphatic rings. The predicted molar refractivity (Wildman–Crippen MR) is 84.3 cm³/mol. The van der Waals surface area contributed by atoms with Gasteiger partial charge in [0.05, 0.1) is 19.9 Å². The van der Waals surface area contributed by atoms with Crippen LogP contribution in [0.15, 0.2) is 23.3 Å². The molecule has 0 bridgehead atoms. The molecule has 1 spiro atoms. The van der Waals surface area contributed by atoms with Crippen molar-refractivity contribution in [3.05, 3.63) is 23.8 Å². The van der Waals surface area contributed by atoms with Gasteiger partial charge < -0.3 is 9.47 Å². The van der Waals surface area contributed by atoms with Gasteiger partial charge in [-0.1, -0.05) is 6.42 Å². The lowest BCUT2D eigenvalue weighted by Gasteiger charge is -2.25. The van der Waals surface area contributed by atoms with Crippen LogP contribution in [0.5, 0.6) is 11.5 Å². The Morgan fingerprint density at radius 2 is 2.09 bits per heavy atom. The Hall–Kier alpha value is -2.04. The molecule has 0 radical (unpaired) electrons. The molecule has 0 heterocycles. The molecule has 1 N–H and O–H groups in total. The molecule has 22 heavy (non-hydrogen) atoms. The molecule has 2 saturated carbocycles. The van der Waals surface area contributed by atoms with Crippen molar-refractivity contribution in [2.45, 2.75) is 32.6 Å². The van der Waals surface area contributed by atoms with Crippen molar-refractivity contribution < 1.29 is 14.3 Å². The molecular weight excluding hydrogens is 280 g/mol. The summed E-state index contributed by atoms with van der Waals surface area (Å²) >= 11 is 0. The smallest absolute Gasteiger partial charge is 0.243 e. The molecule has 0 aliphatic heterocycles. The number of carbonyl (C=O) groups is 1. The van der Waals surface area contributed by atoms with Gasteiger partial charge in [0.15, 0.2) is 0 Å². The molecule has 1 amide bonds. The highest BCUT2D eigenvalue weighted by Crippen LogP contribution is 2.65. The van der Waals surface area contributed by atoms with Crippen molar-refractivity contribution in [2.24, 2.45) is 16.4 Å². The van der Waals surface area contributed by atoms with E-state index in [0.29, 0.717) is 11.2 Å². The van der Waals surface area contributed by atoms with Gasteiger partial charge in [0.25, 0.3) is 0 Å². The number of hydrogen-bond donors (Lipinski definition) is 1. The van der Waals surface area contributed by atoms with Gasteiger partial charge in [-0.15, -0.1) is 0 Å². The first kappa shape index (κ1) is 14.9. The first-order valence-electron chi connectivity index (χ1n) is 7.66. The van der Waals surface area contributed by atoms with E-state index in [1.165, 1.54) is 19.3 Å². The average Bonchev–Trinajstić information content (AvgIpc) is 3.27. The first-order valence-corrected chi connectivity index (χ1v) is 7.66. The van der Waals surface area contributed by atoms with Crippen LogP contribution in [0, 0.1) is 11.3 Å². The zero-order valence-electron chi connectivity index (χ0n) is 13.3. The van der Waals surface area contributed by atoms with Gasteiger partial charge in [0, 0.05) is 17.5 Å². The third-order valence-electron chi connectivity index (χ3n) is 4.99. The third-order valence-corrected chi connectivity index (χ3v) is 4.99. The highest BCUT2D eigenvalue weighted by atomic mass is 16.5. The van der Waals surface area contributed by atoms with Crippen molar-refractivity contribution in [3.63, 3.8) is 0 Å². The normalized spacial score (nSPS) is 22.0. The number of hydrogen-bond acceptors (Lipinski definition) is 4. The van der Waals surface area contributed by atoms with Crippen LogP contribution in [0.3, 0.4) is 0 Å². The Balaban J connectivity index is 1.68. The monoisotopic (exact) mass is 302 g/mol. The minimum atomic E-state index is 0.0477. The number of methoxy groups -OCH3 is 2. The number of benzene rings is 1. The maximum atomic E-state index is 12.1. The number of ether oxygens (including phenoxy) is 2. The maximum Gasteiger partial charge on any atom is 0.243 e. The summed E-state index contributed by atoms with van der Waals surface area (Å²) in [6.45, 7) is 1.86.